The number of ether oxygens (including phenoxy) is 1. The monoisotopic (exact) mass is 352 g/mol. The summed E-state index contributed by atoms with van der Waals surface area (Å²) in [5.74, 6) is 0.311. The van der Waals surface area contributed by atoms with Gasteiger partial charge in [-0.3, -0.25) is 9.59 Å². The fourth-order valence-electron chi connectivity index (χ4n) is 3.33. The van der Waals surface area contributed by atoms with Crippen LogP contribution in [0.25, 0.3) is 0 Å². The quantitative estimate of drug-likeness (QED) is 0.898. The summed E-state index contributed by atoms with van der Waals surface area (Å²) in [5, 5.41) is 2.96. The molecule has 136 valence electrons. The Morgan fingerprint density at radius 2 is 2.00 bits per heavy atom. The van der Waals surface area contributed by atoms with E-state index in [9.17, 15) is 9.59 Å². The first-order valence-electron chi connectivity index (χ1n) is 8.75. The number of likely N-dealkylation sites (tertiary alicyclic amines) is 1. The molecule has 3 rings (SSSR count). The molecule has 0 radical (unpaired) electrons. The average molecular weight is 352 g/mol. The number of aryl methyl sites for hydroxylation is 2. The third kappa shape index (κ3) is 3.87. The highest BCUT2D eigenvalue weighted by Gasteiger charge is 2.34. The van der Waals surface area contributed by atoms with Crippen molar-refractivity contribution in [2.45, 2.75) is 26.8 Å². The third-order valence-electron chi connectivity index (χ3n) is 4.78. The molecule has 2 aromatic rings. The van der Waals surface area contributed by atoms with Crippen molar-refractivity contribution >= 4 is 17.5 Å². The Morgan fingerprint density at radius 1 is 1.23 bits per heavy atom. The molecular formula is C21H24N2O3. The van der Waals surface area contributed by atoms with E-state index >= 15 is 0 Å². The normalized spacial score (nSPS) is 16.7. The van der Waals surface area contributed by atoms with E-state index in [4.69, 9.17) is 4.74 Å². The summed E-state index contributed by atoms with van der Waals surface area (Å²) in [7, 11) is 1.62. The highest BCUT2D eigenvalue weighted by Crippen LogP contribution is 2.26. The van der Waals surface area contributed by atoms with Crippen LogP contribution in [0, 0.1) is 19.8 Å². The first kappa shape index (κ1) is 18.0. The van der Waals surface area contributed by atoms with Crippen molar-refractivity contribution in [2.75, 3.05) is 19.0 Å². The van der Waals surface area contributed by atoms with Crippen LogP contribution >= 0.6 is 0 Å². The van der Waals surface area contributed by atoms with Crippen LogP contribution in [0.3, 0.4) is 0 Å². The number of hydrogen-bond acceptors (Lipinski definition) is 3. The first-order valence-corrected chi connectivity index (χ1v) is 8.75. The Morgan fingerprint density at radius 3 is 2.73 bits per heavy atom. The van der Waals surface area contributed by atoms with Crippen LogP contribution in [0.2, 0.25) is 0 Å². The Kier molecular flexibility index (Phi) is 5.26. The Hall–Kier alpha value is -2.82. The summed E-state index contributed by atoms with van der Waals surface area (Å²) < 4.78 is 5.35. The molecule has 2 aromatic carbocycles. The highest BCUT2D eigenvalue weighted by atomic mass is 16.5. The second-order valence-electron chi connectivity index (χ2n) is 6.79. The van der Waals surface area contributed by atoms with Crippen LogP contribution in [0.1, 0.15) is 23.1 Å². The smallest absolute Gasteiger partial charge is 0.229 e. The predicted molar refractivity (Wildman–Crippen MR) is 101 cm³/mol. The van der Waals surface area contributed by atoms with Crippen LogP contribution in [0.4, 0.5) is 5.69 Å². The SMILES string of the molecule is COc1ccccc1CN1CC(C(=O)Nc2ccc(C)cc2C)CC1=O. The number of rotatable bonds is 5. The lowest BCUT2D eigenvalue weighted by atomic mass is 10.1. The zero-order valence-electron chi connectivity index (χ0n) is 15.4. The lowest BCUT2D eigenvalue weighted by Gasteiger charge is -2.18. The van der Waals surface area contributed by atoms with E-state index in [0.717, 1.165) is 28.1 Å². The van der Waals surface area contributed by atoms with Crippen molar-refractivity contribution in [3.8, 4) is 5.75 Å². The van der Waals surface area contributed by atoms with E-state index in [2.05, 4.69) is 5.32 Å². The molecule has 26 heavy (non-hydrogen) atoms. The molecule has 1 fully saturated rings. The highest BCUT2D eigenvalue weighted by molar-refractivity contribution is 5.97. The topological polar surface area (TPSA) is 58.6 Å². The molecule has 1 heterocycles. The molecule has 0 aromatic heterocycles. The van der Waals surface area contributed by atoms with Crippen molar-refractivity contribution in [2.24, 2.45) is 5.92 Å². The molecule has 2 amide bonds. The standard InChI is InChI=1S/C21H24N2O3/c1-14-8-9-18(15(2)10-14)22-21(25)17-11-20(24)23(13-17)12-16-6-4-5-7-19(16)26-3/h4-10,17H,11-13H2,1-3H3,(H,22,25). The number of amides is 2. The number of nitrogens with zero attached hydrogens (tertiary/aromatic N) is 1. The van der Waals surface area contributed by atoms with Crippen LogP contribution in [0.5, 0.6) is 5.75 Å². The fourth-order valence-corrected chi connectivity index (χ4v) is 3.33. The van der Waals surface area contributed by atoms with Gasteiger partial charge in [0.1, 0.15) is 5.75 Å². The molecule has 1 atom stereocenters. The molecule has 1 aliphatic rings. The number of benzene rings is 2. The average Bonchev–Trinajstić information content (AvgIpc) is 2.98. The minimum Gasteiger partial charge on any atom is -0.496 e. The van der Waals surface area contributed by atoms with Gasteiger partial charge in [-0.1, -0.05) is 35.9 Å². The van der Waals surface area contributed by atoms with Gasteiger partial charge in [-0.05, 0) is 31.5 Å². The predicted octanol–water partition coefficient (Wildman–Crippen LogP) is 3.30. The Balaban J connectivity index is 1.66. The number of anilines is 1. The Bertz CT molecular complexity index is 832. The maximum Gasteiger partial charge on any atom is 0.229 e. The van der Waals surface area contributed by atoms with Gasteiger partial charge in [-0.25, -0.2) is 0 Å². The summed E-state index contributed by atoms with van der Waals surface area (Å²) in [4.78, 5) is 26.7. The van der Waals surface area contributed by atoms with E-state index in [-0.39, 0.29) is 24.2 Å². The fraction of sp³-hybridized carbons (Fsp3) is 0.333. The van der Waals surface area contributed by atoms with E-state index < -0.39 is 0 Å². The minimum atomic E-state index is -0.335. The van der Waals surface area contributed by atoms with Gasteiger partial charge in [0.05, 0.1) is 13.0 Å². The molecule has 0 saturated carbocycles. The van der Waals surface area contributed by atoms with Crippen molar-refractivity contribution in [1.82, 2.24) is 4.90 Å². The maximum atomic E-state index is 12.6. The third-order valence-corrected chi connectivity index (χ3v) is 4.78. The summed E-state index contributed by atoms with van der Waals surface area (Å²) in [5.41, 5.74) is 3.92. The molecule has 1 unspecified atom stereocenters. The van der Waals surface area contributed by atoms with E-state index in [0.29, 0.717) is 13.1 Å². The number of carbonyl (C=O) groups excluding carboxylic acids is 2. The van der Waals surface area contributed by atoms with Gasteiger partial charge in [0.15, 0.2) is 0 Å². The van der Waals surface area contributed by atoms with Gasteiger partial charge in [-0.15, -0.1) is 0 Å². The first-order chi connectivity index (χ1) is 12.5. The zero-order chi connectivity index (χ0) is 18.7. The van der Waals surface area contributed by atoms with Crippen LogP contribution in [-0.4, -0.2) is 30.4 Å². The zero-order valence-corrected chi connectivity index (χ0v) is 15.4. The van der Waals surface area contributed by atoms with Crippen LogP contribution in [-0.2, 0) is 16.1 Å². The van der Waals surface area contributed by atoms with Crippen molar-refractivity contribution < 1.29 is 14.3 Å². The van der Waals surface area contributed by atoms with Crippen LogP contribution in [0.15, 0.2) is 42.5 Å². The van der Waals surface area contributed by atoms with Gasteiger partial charge in [-0.2, -0.15) is 0 Å². The second kappa shape index (κ2) is 7.60. The van der Waals surface area contributed by atoms with Crippen molar-refractivity contribution in [1.29, 1.82) is 0 Å². The largest absolute Gasteiger partial charge is 0.496 e. The molecular weight excluding hydrogens is 328 g/mol. The summed E-state index contributed by atoms with van der Waals surface area (Å²) in [6.45, 7) is 4.87. The number of methoxy groups -OCH3 is 1. The number of nitrogens with one attached hydrogen (secondary N) is 1. The number of para-hydroxylation sites is 1. The number of carbonyl (C=O) groups is 2. The van der Waals surface area contributed by atoms with E-state index in [1.54, 1.807) is 12.0 Å². The molecule has 0 aliphatic carbocycles. The summed E-state index contributed by atoms with van der Waals surface area (Å²) >= 11 is 0. The van der Waals surface area contributed by atoms with Gasteiger partial charge < -0.3 is 15.0 Å². The van der Waals surface area contributed by atoms with E-state index in [1.807, 2.05) is 56.3 Å². The van der Waals surface area contributed by atoms with Gasteiger partial charge in [0.2, 0.25) is 11.8 Å². The second-order valence-corrected chi connectivity index (χ2v) is 6.79. The van der Waals surface area contributed by atoms with E-state index in [1.165, 1.54) is 0 Å². The van der Waals surface area contributed by atoms with Gasteiger partial charge >= 0.3 is 0 Å². The minimum absolute atomic E-state index is 0.00307. The molecule has 0 bridgehead atoms. The molecule has 5 heteroatoms. The molecule has 1 N–H and O–H groups in total. The lowest BCUT2D eigenvalue weighted by Crippen LogP contribution is -2.28. The molecule has 1 aliphatic heterocycles. The van der Waals surface area contributed by atoms with Crippen molar-refractivity contribution in [3.63, 3.8) is 0 Å². The Labute approximate surface area is 154 Å². The maximum absolute atomic E-state index is 12.6. The molecule has 5 nitrogen and oxygen atoms in total. The van der Waals surface area contributed by atoms with Gasteiger partial charge in [0, 0.05) is 30.8 Å². The summed E-state index contributed by atoms with van der Waals surface area (Å²) in [6.07, 6.45) is 0.242. The van der Waals surface area contributed by atoms with Gasteiger partial charge in [0.25, 0.3) is 0 Å². The summed E-state index contributed by atoms with van der Waals surface area (Å²) in [6, 6.07) is 13.5. The van der Waals surface area contributed by atoms with Crippen molar-refractivity contribution in [3.05, 3.63) is 59.2 Å². The molecule has 0 spiro atoms. The van der Waals surface area contributed by atoms with Crippen LogP contribution < -0.4 is 10.1 Å². The lowest BCUT2D eigenvalue weighted by molar-refractivity contribution is -0.128. The number of hydrogen-bond donors (Lipinski definition) is 1. The molecule has 1 saturated heterocycles.